The van der Waals surface area contributed by atoms with E-state index in [1.807, 2.05) is 48.5 Å². The molecular formula is C18H16ClNO2. The second-order valence-corrected chi connectivity index (χ2v) is 5.56. The molecule has 0 saturated heterocycles. The van der Waals surface area contributed by atoms with Gasteiger partial charge in [0.15, 0.2) is 0 Å². The lowest BCUT2D eigenvalue weighted by atomic mass is 9.88. The highest BCUT2D eigenvalue weighted by Crippen LogP contribution is 2.44. The summed E-state index contributed by atoms with van der Waals surface area (Å²) in [7, 11) is 0. The molecule has 2 N–H and O–H groups in total. The van der Waals surface area contributed by atoms with Gasteiger partial charge in [0.1, 0.15) is 0 Å². The van der Waals surface area contributed by atoms with Gasteiger partial charge in [-0.15, -0.1) is 0 Å². The molecule has 0 spiro atoms. The topological polar surface area (TPSA) is 52.3 Å². The molecule has 1 unspecified atom stereocenters. The normalized spacial score (nSPS) is 16.5. The molecule has 1 atom stereocenters. The SMILES string of the molecule is CCOC(=O)C1=C(N)c2ccccc2C1c1ccc(Cl)cc1. The largest absolute Gasteiger partial charge is 0.463 e. The molecule has 0 radical (unpaired) electrons. The molecule has 0 fully saturated rings. The number of ether oxygens (including phenoxy) is 1. The summed E-state index contributed by atoms with van der Waals surface area (Å²) in [4.78, 5) is 12.4. The van der Waals surface area contributed by atoms with Crippen molar-refractivity contribution in [3.63, 3.8) is 0 Å². The molecule has 112 valence electrons. The van der Waals surface area contributed by atoms with Gasteiger partial charge in [0.05, 0.1) is 17.9 Å². The third kappa shape index (κ3) is 2.38. The minimum Gasteiger partial charge on any atom is -0.463 e. The van der Waals surface area contributed by atoms with Gasteiger partial charge < -0.3 is 10.5 Å². The van der Waals surface area contributed by atoms with E-state index in [1.165, 1.54) is 0 Å². The maximum absolute atomic E-state index is 12.4. The Morgan fingerprint density at radius 2 is 1.86 bits per heavy atom. The van der Waals surface area contributed by atoms with Crippen molar-refractivity contribution < 1.29 is 9.53 Å². The molecule has 3 nitrogen and oxygen atoms in total. The second-order valence-electron chi connectivity index (χ2n) is 5.12. The summed E-state index contributed by atoms with van der Waals surface area (Å²) in [5.41, 5.74) is 10.1. The molecule has 0 aliphatic heterocycles. The van der Waals surface area contributed by atoms with Crippen LogP contribution in [0.15, 0.2) is 54.1 Å². The standard InChI is InChI=1S/C18H16ClNO2/c1-2-22-18(21)16-15(11-7-9-12(19)10-8-11)13-5-3-4-6-14(13)17(16)20/h3-10,15H,2,20H2,1H3. The van der Waals surface area contributed by atoms with Crippen molar-refractivity contribution >= 4 is 23.3 Å². The lowest BCUT2D eigenvalue weighted by Crippen LogP contribution is -2.15. The Morgan fingerprint density at radius 3 is 2.55 bits per heavy atom. The molecule has 4 heteroatoms. The van der Waals surface area contributed by atoms with Gasteiger partial charge in [-0.2, -0.15) is 0 Å². The molecular weight excluding hydrogens is 298 g/mol. The Bertz CT molecular complexity index is 750. The highest BCUT2D eigenvalue weighted by atomic mass is 35.5. The van der Waals surface area contributed by atoms with Gasteiger partial charge in [-0.3, -0.25) is 0 Å². The van der Waals surface area contributed by atoms with Crippen LogP contribution in [-0.4, -0.2) is 12.6 Å². The number of hydrogen-bond donors (Lipinski definition) is 1. The highest BCUT2D eigenvalue weighted by Gasteiger charge is 2.35. The van der Waals surface area contributed by atoms with Crippen molar-refractivity contribution in [3.05, 3.63) is 75.8 Å². The summed E-state index contributed by atoms with van der Waals surface area (Å²) in [6.07, 6.45) is 0. The van der Waals surface area contributed by atoms with Crippen LogP contribution in [0.25, 0.3) is 5.70 Å². The first-order valence-corrected chi connectivity index (χ1v) is 7.52. The highest BCUT2D eigenvalue weighted by molar-refractivity contribution is 6.30. The predicted octanol–water partition coefficient (Wildman–Crippen LogP) is 3.72. The Labute approximate surface area is 134 Å². The van der Waals surface area contributed by atoms with Crippen molar-refractivity contribution in [2.45, 2.75) is 12.8 Å². The molecule has 0 amide bonds. The molecule has 0 bridgehead atoms. The summed E-state index contributed by atoms with van der Waals surface area (Å²) >= 11 is 5.97. The molecule has 1 aliphatic carbocycles. The minimum atomic E-state index is -0.365. The third-order valence-corrected chi connectivity index (χ3v) is 4.09. The summed E-state index contributed by atoms with van der Waals surface area (Å²) < 4.78 is 5.20. The molecule has 1 aliphatic rings. The van der Waals surface area contributed by atoms with E-state index in [0.29, 0.717) is 22.9 Å². The zero-order chi connectivity index (χ0) is 15.7. The lowest BCUT2D eigenvalue weighted by molar-refractivity contribution is -0.138. The van der Waals surface area contributed by atoms with Crippen molar-refractivity contribution in [1.29, 1.82) is 0 Å². The number of carbonyl (C=O) groups is 1. The van der Waals surface area contributed by atoms with Gasteiger partial charge in [0.2, 0.25) is 0 Å². The van der Waals surface area contributed by atoms with Gasteiger partial charge in [-0.05, 0) is 30.2 Å². The number of carbonyl (C=O) groups excluding carboxylic acids is 1. The van der Waals surface area contributed by atoms with Gasteiger partial charge >= 0.3 is 5.97 Å². The minimum absolute atomic E-state index is 0.215. The number of esters is 1. The van der Waals surface area contributed by atoms with Crippen LogP contribution in [0, 0.1) is 0 Å². The fraction of sp³-hybridized carbons (Fsp3) is 0.167. The quantitative estimate of drug-likeness (QED) is 0.879. The van der Waals surface area contributed by atoms with Gasteiger partial charge in [-0.1, -0.05) is 48.0 Å². The Kier molecular flexibility index (Phi) is 3.90. The lowest BCUT2D eigenvalue weighted by Gasteiger charge is -2.16. The first kappa shape index (κ1) is 14.7. The fourth-order valence-corrected chi connectivity index (χ4v) is 3.01. The number of benzene rings is 2. The molecule has 0 heterocycles. The number of rotatable bonds is 3. The van der Waals surface area contributed by atoms with Gasteiger partial charge in [0, 0.05) is 16.5 Å². The van der Waals surface area contributed by atoms with Crippen LogP contribution in [-0.2, 0) is 9.53 Å². The first-order chi connectivity index (χ1) is 10.6. The van der Waals surface area contributed by atoms with Crippen LogP contribution in [0.4, 0.5) is 0 Å². The van der Waals surface area contributed by atoms with Crippen LogP contribution in [0.5, 0.6) is 0 Å². The fourth-order valence-electron chi connectivity index (χ4n) is 2.89. The number of fused-ring (bicyclic) bond motifs is 1. The Hall–Kier alpha value is -2.26. The molecule has 3 rings (SSSR count). The summed E-state index contributed by atoms with van der Waals surface area (Å²) in [6, 6.07) is 15.3. The van der Waals surface area contributed by atoms with E-state index in [1.54, 1.807) is 6.92 Å². The third-order valence-electron chi connectivity index (χ3n) is 3.84. The Balaban J connectivity index is 2.15. The molecule has 22 heavy (non-hydrogen) atoms. The van der Waals surface area contributed by atoms with Crippen LogP contribution < -0.4 is 5.73 Å². The van der Waals surface area contributed by atoms with Crippen LogP contribution in [0.3, 0.4) is 0 Å². The van der Waals surface area contributed by atoms with Crippen molar-refractivity contribution in [3.8, 4) is 0 Å². The van der Waals surface area contributed by atoms with E-state index in [0.717, 1.165) is 16.7 Å². The van der Waals surface area contributed by atoms with E-state index in [2.05, 4.69) is 0 Å². The van der Waals surface area contributed by atoms with Crippen molar-refractivity contribution in [1.82, 2.24) is 0 Å². The zero-order valence-electron chi connectivity index (χ0n) is 12.2. The van der Waals surface area contributed by atoms with Gasteiger partial charge in [-0.25, -0.2) is 4.79 Å². The van der Waals surface area contributed by atoms with E-state index >= 15 is 0 Å². The van der Waals surface area contributed by atoms with E-state index in [9.17, 15) is 4.79 Å². The number of halogens is 1. The average molecular weight is 314 g/mol. The predicted molar refractivity (Wildman–Crippen MR) is 87.5 cm³/mol. The zero-order valence-corrected chi connectivity index (χ0v) is 12.9. The van der Waals surface area contributed by atoms with E-state index in [-0.39, 0.29) is 11.9 Å². The van der Waals surface area contributed by atoms with E-state index < -0.39 is 0 Å². The summed E-state index contributed by atoms with van der Waals surface area (Å²) in [5, 5.41) is 0.657. The van der Waals surface area contributed by atoms with Crippen LogP contribution in [0.2, 0.25) is 5.02 Å². The maximum atomic E-state index is 12.4. The maximum Gasteiger partial charge on any atom is 0.337 e. The summed E-state index contributed by atoms with van der Waals surface area (Å²) in [6.45, 7) is 2.10. The monoisotopic (exact) mass is 313 g/mol. The number of hydrogen-bond acceptors (Lipinski definition) is 3. The molecule has 0 aromatic heterocycles. The van der Waals surface area contributed by atoms with Crippen LogP contribution >= 0.6 is 11.6 Å². The van der Waals surface area contributed by atoms with Crippen molar-refractivity contribution in [2.24, 2.45) is 5.73 Å². The van der Waals surface area contributed by atoms with Crippen molar-refractivity contribution in [2.75, 3.05) is 6.61 Å². The molecule has 0 saturated carbocycles. The first-order valence-electron chi connectivity index (χ1n) is 7.15. The van der Waals surface area contributed by atoms with E-state index in [4.69, 9.17) is 22.1 Å². The van der Waals surface area contributed by atoms with Crippen LogP contribution in [0.1, 0.15) is 29.5 Å². The molecule has 2 aromatic rings. The summed E-state index contributed by atoms with van der Waals surface area (Å²) in [5.74, 6) is -0.580. The average Bonchev–Trinajstić information content (AvgIpc) is 2.82. The molecule has 2 aromatic carbocycles. The second kappa shape index (κ2) is 5.85. The Morgan fingerprint density at radius 1 is 1.18 bits per heavy atom. The number of nitrogens with two attached hydrogens (primary N) is 1. The van der Waals surface area contributed by atoms with Gasteiger partial charge in [0.25, 0.3) is 0 Å². The smallest absolute Gasteiger partial charge is 0.337 e.